The predicted molar refractivity (Wildman–Crippen MR) is 77.7 cm³/mol. The molecule has 1 N–H and O–H groups in total. The molecule has 0 aliphatic rings. The maximum Gasteiger partial charge on any atom is 0.261 e. The van der Waals surface area contributed by atoms with Crippen LogP contribution in [0.3, 0.4) is 0 Å². The first-order valence-corrected chi connectivity index (χ1v) is 7.53. The second-order valence-corrected chi connectivity index (χ2v) is 5.88. The van der Waals surface area contributed by atoms with E-state index in [-0.39, 0.29) is 4.90 Å². The van der Waals surface area contributed by atoms with Gasteiger partial charge >= 0.3 is 0 Å². The van der Waals surface area contributed by atoms with E-state index in [1.54, 1.807) is 36.4 Å². The van der Waals surface area contributed by atoms with Gasteiger partial charge in [-0.3, -0.25) is 4.72 Å². The highest BCUT2D eigenvalue weighted by atomic mass is 32.2. The molecule has 0 aliphatic carbocycles. The molecule has 0 aromatic heterocycles. The Morgan fingerprint density at radius 1 is 1.05 bits per heavy atom. The van der Waals surface area contributed by atoms with Crippen LogP contribution in [0, 0.1) is 0 Å². The molecule has 0 radical (unpaired) electrons. The number of carboxylic acids is 1. The van der Waals surface area contributed by atoms with E-state index < -0.39 is 16.0 Å². The lowest BCUT2D eigenvalue weighted by atomic mass is 10.2. The molecular formula is C15H12NO4S-. The van der Waals surface area contributed by atoms with E-state index in [0.29, 0.717) is 11.3 Å². The number of carbonyl (C=O) groups is 1. The number of sulfonamides is 1. The average molecular weight is 302 g/mol. The summed E-state index contributed by atoms with van der Waals surface area (Å²) in [6, 6.07) is 14.4. The SMILES string of the molecule is O=C([O-])C=Cc1cccc(NS(=O)(=O)c2ccccc2)c1. The number of rotatable bonds is 5. The summed E-state index contributed by atoms with van der Waals surface area (Å²) in [6.45, 7) is 0. The zero-order valence-electron chi connectivity index (χ0n) is 10.9. The van der Waals surface area contributed by atoms with Crippen LogP contribution >= 0.6 is 0 Å². The number of benzene rings is 2. The number of carbonyl (C=O) groups excluding carboxylic acids is 1. The highest BCUT2D eigenvalue weighted by Crippen LogP contribution is 2.17. The van der Waals surface area contributed by atoms with Crippen LogP contribution in [-0.2, 0) is 14.8 Å². The molecule has 5 nitrogen and oxygen atoms in total. The van der Waals surface area contributed by atoms with E-state index in [1.165, 1.54) is 24.3 Å². The normalized spacial score (nSPS) is 11.4. The molecule has 0 unspecified atom stereocenters. The van der Waals surface area contributed by atoms with Crippen molar-refractivity contribution in [2.75, 3.05) is 4.72 Å². The van der Waals surface area contributed by atoms with E-state index in [1.807, 2.05) is 0 Å². The molecule has 0 heterocycles. The summed E-state index contributed by atoms with van der Waals surface area (Å²) in [4.78, 5) is 10.5. The van der Waals surface area contributed by atoms with Crippen LogP contribution in [0.15, 0.2) is 65.6 Å². The number of hydrogen-bond acceptors (Lipinski definition) is 4. The number of carboxylic acid groups (broad SMARTS) is 1. The number of hydrogen-bond donors (Lipinski definition) is 1. The highest BCUT2D eigenvalue weighted by molar-refractivity contribution is 7.92. The molecule has 108 valence electrons. The van der Waals surface area contributed by atoms with Gasteiger partial charge in [0.25, 0.3) is 10.0 Å². The van der Waals surface area contributed by atoms with Crippen molar-refractivity contribution in [2.24, 2.45) is 0 Å². The molecule has 0 atom stereocenters. The molecule has 2 aromatic rings. The molecule has 0 saturated carbocycles. The van der Waals surface area contributed by atoms with Gasteiger partial charge in [0.15, 0.2) is 0 Å². The van der Waals surface area contributed by atoms with Crippen LogP contribution in [0.25, 0.3) is 6.08 Å². The Morgan fingerprint density at radius 2 is 1.76 bits per heavy atom. The van der Waals surface area contributed by atoms with Gasteiger partial charge in [-0.2, -0.15) is 0 Å². The van der Waals surface area contributed by atoms with Crippen molar-refractivity contribution in [3.05, 3.63) is 66.2 Å². The Kier molecular flexibility index (Phi) is 4.39. The van der Waals surface area contributed by atoms with Gasteiger partial charge in [-0.1, -0.05) is 36.4 Å². The summed E-state index contributed by atoms with van der Waals surface area (Å²) in [7, 11) is -3.66. The third-order valence-electron chi connectivity index (χ3n) is 2.60. The first kappa shape index (κ1) is 14.8. The van der Waals surface area contributed by atoms with Gasteiger partial charge in [0.2, 0.25) is 0 Å². The molecule has 0 spiro atoms. The van der Waals surface area contributed by atoms with Gasteiger partial charge in [-0.25, -0.2) is 8.42 Å². The highest BCUT2D eigenvalue weighted by Gasteiger charge is 2.13. The van der Waals surface area contributed by atoms with Gasteiger partial charge in [0.1, 0.15) is 0 Å². The minimum absolute atomic E-state index is 0.153. The molecule has 0 amide bonds. The van der Waals surface area contributed by atoms with E-state index in [4.69, 9.17) is 0 Å². The molecule has 21 heavy (non-hydrogen) atoms. The summed E-state index contributed by atoms with van der Waals surface area (Å²) in [6.07, 6.45) is 2.21. The third-order valence-corrected chi connectivity index (χ3v) is 4.00. The average Bonchev–Trinajstić information content (AvgIpc) is 2.46. The fourth-order valence-electron chi connectivity index (χ4n) is 1.68. The number of aliphatic carboxylic acids is 1. The van der Waals surface area contributed by atoms with Gasteiger partial charge in [0.05, 0.1) is 10.9 Å². The lowest BCUT2D eigenvalue weighted by molar-refractivity contribution is -0.297. The standard InChI is InChI=1S/C15H13NO4S/c17-15(18)10-9-12-5-4-6-13(11-12)16-21(19,20)14-7-2-1-3-8-14/h1-11,16H,(H,17,18)/p-1. The quantitative estimate of drug-likeness (QED) is 0.842. The van der Waals surface area contributed by atoms with Crippen molar-refractivity contribution in [1.82, 2.24) is 0 Å². The van der Waals surface area contributed by atoms with Crippen molar-refractivity contribution in [1.29, 1.82) is 0 Å². The van der Waals surface area contributed by atoms with Crippen molar-refractivity contribution in [2.45, 2.75) is 4.90 Å². The summed E-state index contributed by atoms with van der Waals surface area (Å²) in [5, 5.41) is 10.4. The second kappa shape index (κ2) is 6.23. The zero-order chi connectivity index (χ0) is 15.3. The largest absolute Gasteiger partial charge is 0.545 e. The molecule has 0 bridgehead atoms. The first-order valence-electron chi connectivity index (χ1n) is 6.04. The third kappa shape index (κ3) is 4.19. The first-order chi connectivity index (χ1) is 9.97. The molecule has 0 fully saturated rings. The van der Waals surface area contributed by atoms with Crippen molar-refractivity contribution >= 4 is 27.8 Å². The number of anilines is 1. The predicted octanol–water partition coefficient (Wildman–Crippen LogP) is 1.25. The zero-order valence-corrected chi connectivity index (χ0v) is 11.7. The Morgan fingerprint density at radius 3 is 2.43 bits per heavy atom. The minimum Gasteiger partial charge on any atom is -0.545 e. The fraction of sp³-hybridized carbons (Fsp3) is 0. The summed E-state index contributed by atoms with van der Waals surface area (Å²) >= 11 is 0. The van der Waals surface area contributed by atoms with Gasteiger partial charge in [-0.15, -0.1) is 0 Å². The molecule has 2 aromatic carbocycles. The maximum atomic E-state index is 12.1. The van der Waals surface area contributed by atoms with Crippen LogP contribution < -0.4 is 9.83 Å². The summed E-state index contributed by atoms with van der Waals surface area (Å²) in [5.74, 6) is -1.31. The fourth-order valence-corrected chi connectivity index (χ4v) is 2.75. The van der Waals surface area contributed by atoms with E-state index in [2.05, 4.69) is 4.72 Å². The Labute approximate surface area is 122 Å². The van der Waals surface area contributed by atoms with Crippen molar-refractivity contribution in [3.8, 4) is 0 Å². The minimum atomic E-state index is -3.66. The summed E-state index contributed by atoms with van der Waals surface area (Å²) in [5.41, 5.74) is 0.895. The molecular weight excluding hydrogens is 290 g/mol. The second-order valence-electron chi connectivity index (χ2n) is 4.20. The lowest BCUT2D eigenvalue weighted by Gasteiger charge is -2.08. The van der Waals surface area contributed by atoms with Crippen molar-refractivity contribution < 1.29 is 18.3 Å². The Hall–Kier alpha value is -2.60. The van der Waals surface area contributed by atoms with Crippen molar-refractivity contribution in [3.63, 3.8) is 0 Å². The van der Waals surface area contributed by atoms with Crippen LogP contribution in [-0.4, -0.2) is 14.4 Å². The van der Waals surface area contributed by atoms with Crippen LogP contribution in [0.2, 0.25) is 0 Å². The lowest BCUT2D eigenvalue weighted by Crippen LogP contribution is -2.18. The van der Waals surface area contributed by atoms with Crippen LogP contribution in [0.1, 0.15) is 5.56 Å². The summed E-state index contributed by atoms with van der Waals surface area (Å²) < 4.78 is 26.7. The topological polar surface area (TPSA) is 86.3 Å². The van der Waals surface area contributed by atoms with E-state index in [0.717, 1.165) is 6.08 Å². The Balaban J connectivity index is 2.24. The molecule has 0 aliphatic heterocycles. The van der Waals surface area contributed by atoms with Gasteiger partial charge in [-0.05, 0) is 35.9 Å². The molecule has 2 rings (SSSR count). The molecule has 0 saturated heterocycles. The van der Waals surface area contributed by atoms with Gasteiger partial charge in [0, 0.05) is 5.69 Å². The number of nitrogens with one attached hydrogen (secondary N) is 1. The molecule has 6 heteroatoms. The van der Waals surface area contributed by atoms with Crippen LogP contribution in [0.5, 0.6) is 0 Å². The monoisotopic (exact) mass is 302 g/mol. The smallest absolute Gasteiger partial charge is 0.261 e. The Bertz CT molecular complexity index is 767. The van der Waals surface area contributed by atoms with Gasteiger partial charge < -0.3 is 9.90 Å². The van der Waals surface area contributed by atoms with E-state index >= 15 is 0 Å². The maximum absolute atomic E-state index is 12.1. The van der Waals surface area contributed by atoms with E-state index in [9.17, 15) is 18.3 Å². The van der Waals surface area contributed by atoms with Crippen LogP contribution in [0.4, 0.5) is 5.69 Å².